The second-order valence-electron chi connectivity index (χ2n) is 6.04. The minimum Gasteiger partial charge on any atom is -0.360 e. The first-order valence-corrected chi connectivity index (χ1v) is 8.50. The zero-order valence-electron chi connectivity index (χ0n) is 14.2. The number of halogens is 2. The average molecular weight is 381 g/mol. The van der Waals surface area contributed by atoms with E-state index in [-0.39, 0.29) is 23.0 Å². The van der Waals surface area contributed by atoms with Gasteiger partial charge in [0.15, 0.2) is 5.82 Å². The SMILES string of the molecule is Cc1cc(NC(=O)CN2CCN(C(=O)c3c(F)cccc3Cl)CC2)no1. The topological polar surface area (TPSA) is 78.7 Å². The Labute approximate surface area is 154 Å². The van der Waals surface area contributed by atoms with Crippen LogP contribution in [-0.2, 0) is 4.79 Å². The molecule has 7 nitrogen and oxygen atoms in total. The van der Waals surface area contributed by atoms with E-state index in [1.807, 2.05) is 4.90 Å². The maximum Gasteiger partial charge on any atom is 0.258 e. The molecule has 0 radical (unpaired) electrons. The first-order chi connectivity index (χ1) is 12.4. The molecule has 0 unspecified atom stereocenters. The van der Waals surface area contributed by atoms with Gasteiger partial charge in [-0.2, -0.15) is 0 Å². The molecule has 2 aromatic rings. The lowest BCUT2D eigenvalue weighted by Crippen LogP contribution is -2.50. The number of rotatable bonds is 4. The Kier molecular flexibility index (Phi) is 5.53. The molecule has 1 aromatic carbocycles. The van der Waals surface area contributed by atoms with Crippen LogP contribution < -0.4 is 5.32 Å². The van der Waals surface area contributed by atoms with Crippen molar-refractivity contribution in [3.05, 3.63) is 46.4 Å². The van der Waals surface area contributed by atoms with Gasteiger partial charge in [-0.05, 0) is 19.1 Å². The number of nitrogens with zero attached hydrogens (tertiary/aromatic N) is 3. The Morgan fingerprint density at radius 1 is 1.31 bits per heavy atom. The van der Waals surface area contributed by atoms with Gasteiger partial charge in [-0.1, -0.05) is 22.8 Å². The summed E-state index contributed by atoms with van der Waals surface area (Å²) in [6, 6.07) is 5.80. The molecule has 9 heteroatoms. The molecule has 0 spiro atoms. The van der Waals surface area contributed by atoms with E-state index in [0.29, 0.717) is 37.8 Å². The first kappa shape index (κ1) is 18.3. The van der Waals surface area contributed by atoms with Crippen molar-refractivity contribution in [1.82, 2.24) is 15.0 Å². The Morgan fingerprint density at radius 2 is 2.04 bits per heavy atom. The summed E-state index contributed by atoms with van der Waals surface area (Å²) in [6.45, 7) is 3.70. The van der Waals surface area contributed by atoms with Crippen molar-refractivity contribution in [2.75, 3.05) is 38.0 Å². The van der Waals surface area contributed by atoms with Crippen LogP contribution in [0.5, 0.6) is 0 Å². The van der Waals surface area contributed by atoms with E-state index in [4.69, 9.17) is 16.1 Å². The Hall–Kier alpha value is -2.45. The van der Waals surface area contributed by atoms with E-state index in [1.54, 1.807) is 17.9 Å². The van der Waals surface area contributed by atoms with Crippen LogP contribution in [0, 0.1) is 12.7 Å². The van der Waals surface area contributed by atoms with Gasteiger partial charge in [0, 0.05) is 32.2 Å². The molecule has 0 atom stereocenters. The van der Waals surface area contributed by atoms with Gasteiger partial charge in [0.2, 0.25) is 5.91 Å². The van der Waals surface area contributed by atoms with Crippen LogP contribution in [0.1, 0.15) is 16.1 Å². The summed E-state index contributed by atoms with van der Waals surface area (Å²) < 4.78 is 18.8. The number of nitrogens with one attached hydrogen (secondary N) is 1. The van der Waals surface area contributed by atoms with Crippen molar-refractivity contribution in [3.8, 4) is 0 Å². The number of aryl methyl sites for hydroxylation is 1. The fourth-order valence-electron chi connectivity index (χ4n) is 2.78. The Balaban J connectivity index is 1.52. The van der Waals surface area contributed by atoms with Crippen LogP contribution in [0.4, 0.5) is 10.2 Å². The van der Waals surface area contributed by atoms with Crippen LogP contribution in [0.3, 0.4) is 0 Å². The number of carbonyl (C=O) groups excluding carboxylic acids is 2. The minimum atomic E-state index is -0.632. The van der Waals surface area contributed by atoms with Gasteiger partial charge in [-0.25, -0.2) is 4.39 Å². The third-order valence-corrected chi connectivity index (χ3v) is 4.41. The van der Waals surface area contributed by atoms with Gasteiger partial charge in [0.05, 0.1) is 17.1 Å². The molecule has 0 bridgehead atoms. The predicted molar refractivity (Wildman–Crippen MR) is 93.6 cm³/mol. The molecular formula is C17H18ClFN4O3. The third kappa shape index (κ3) is 4.20. The summed E-state index contributed by atoms with van der Waals surface area (Å²) in [5.41, 5.74) is -0.109. The monoisotopic (exact) mass is 380 g/mol. The highest BCUT2D eigenvalue weighted by molar-refractivity contribution is 6.33. The molecule has 0 aliphatic carbocycles. The molecule has 3 rings (SSSR count). The smallest absolute Gasteiger partial charge is 0.258 e. The van der Waals surface area contributed by atoms with E-state index >= 15 is 0 Å². The van der Waals surface area contributed by atoms with E-state index < -0.39 is 11.7 Å². The van der Waals surface area contributed by atoms with E-state index in [9.17, 15) is 14.0 Å². The number of hydrogen-bond donors (Lipinski definition) is 1. The highest BCUT2D eigenvalue weighted by atomic mass is 35.5. The van der Waals surface area contributed by atoms with E-state index in [1.165, 1.54) is 18.2 Å². The van der Waals surface area contributed by atoms with Crippen molar-refractivity contribution in [1.29, 1.82) is 0 Å². The molecule has 2 amide bonds. The Bertz CT molecular complexity index is 798. The van der Waals surface area contributed by atoms with Gasteiger partial charge in [-0.15, -0.1) is 0 Å². The quantitative estimate of drug-likeness (QED) is 0.879. The molecule has 138 valence electrons. The van der Waals surface area contributed by atoms with Crippen molar-refractivity contribution >= 4 is 29.2 Å². The summed E-state index contributed by atoms with van der Waals surface area (Å²) in [5, 5.41) is 6.46. The molecule has 1 aliphatic rings. The van der Waals surface area contributed by atoms with Crippen molar-refractivity contribution in [2.45, 2.75) is 6.92 Å². The molecule has 1 saturated heterocycles. The third-order valence-electron chi connectivity index (χ3n) is 4.10. The normalized spacial score (nSPS) is 15.1. The lowest BCUT2D eigenvalue weighted by molar-refractivity contribution is -0.117. The summed E-state index contributed by atoms with van der Waals surface area (Å²) in [4.78, 5) is 28.0. The largest absolute Gasteiger partial charge is 0.360 e. The van der Waals surface area contributed by atoms with Gasteiger partial charge in [0.25, 0.3) is 5.91 Å². The van der Waals surface area contributed by atoms with Gasteiger partial charge in [-0.3, -0.25) is 14.5 Å². The second-order valence-corrected chi connectivity index (χ2v) is 6.44. The lowest BCUT2D eigenvalue weighted by atomic mass is 10.1. The molecule has 0 saturated carbocycles. The summed E-state index contributed by atoms with van der Waals surface area (Å²) in [7, 11) is 0. The maximum absolute atomic E-state index is 13.9. The highest BCUT2D eigenvalue weighted by Gasteiger charge is 2.26. The number of carbonyl (C=O) groups is 2. The van der Waals surface area contributed by atoms with Gasteiger partial charge >= 0.3 is 0 Å². The number of piperazine rings is 1. The number of amides is 2. The molecule has 1 aromatic heterocycles. The van der Waals surface area contributed by atoms with Crippen LogP contribution in [-0.4, -0.2) is 59.5 Å². The number of hydrogen-bond acceptors (Lipinski definition) is 5. The van der Waals surface area contributed by atoms with E-state index in [2.05, 4.69) is 10.5 Å². The van der Waals surface area contributed by atoms with Crippen LogP contribution >= 0.6 is 11.6 Å². The van der Waals surface area contributed by atoms with Crippen LogP contribution in [0.2, 0.25) is 5.02 Å². The molecule has 2 heterocycles. The first-order valence-electron chi connectivity index (χ1n) is 8.13. The zero-order chi connectivity index (χ0) is 18.7. The minimum absolute atomic E-state index is 0.0970. The lowest BCUT2D eigenvalue weighted by Gasteiger charge is -2.34. The second kappa shape index (κ2) is 7.84. The van der Waals surface area contributed by atoms with Crippen LogP contribution in [0.15, 0.2) is 28.8 Å². The van der Waals surface area contributed by atoms with Crippen molar-refractivity contribution in [2.24, 2.45) is 0 Å². The van der Waals surface area contributed by atoms with Crippen molar-refractivity contribution in [3.63, 3.8) is 0 Å². The Morgan fingerprint density at radius 3 is 2.65 bits per heavy atom. The maximum atomic E-state index is 13.9. The number of aromatic nitrogens is 1. The summed E-state index contributed by atoms with van der Waals surface area (Å²) in [5.74, 6) is -0.299. The van der Waals surface area contributed by atoms with Crippen LogP contribution in [0.25, 0.3) is 0 Å². The average Bonchev–Trinajstić information content (AvgIpc) is 3.00. The summed E-state index contributed by atoms with van der Waals surface area (Å²) in [6.07, 6.45) is 0. The molecule has 1 fully saturated rings. The summed E-state index contributed by atoms with van der Waals surface area (Å²) >= 11 is 5.96. The van der Waals surface area contributed by atoms with Gasteiger partial charge < -0.3 is 14.7 Å². The van der Waals surface area contributed by atoms with Crippen molar-refractivity contribution < 1.29 is 18.5 Å². The number of anilines is 1. The molecule has 1 aliphatic heterocycles. The fraction of sp³-hybridized carbons (Fsp3) is 0.353. The fourth-order valence-corrected chi connectivity index (χ4v) is 3.02. The molecule has 1 N–H and O–H groups in total. The highest BCUT2D eigenvalue weighted by Crippen LogP contribution is 2.21. The van der Waals surface area contributed by atoms with Gasteiger partial charge in [0.1, 0.15) is 11.6 Å². The number of benzene rings is 1. The van der Waals surface area contributed by atoms with E-state index in [0.717, 1.165) is 0 Å². The predicted octanol–water partition coefficient (Wildman–Crippen LogP) is 2.17. The standard InChI is InChI=1S/C17H18ClFN4O3/c1-11-9-14(21-26-11)20-15(24)10-22-5-7-23(8-6-22)17(25)16-12(18)3-2-4-13(16)19/h2-4,9H,5-8,10H2,1H3,(H,20,21,24). The zero-order valence-corrected chi connectivity index (χ0v) is 14.9. The molecule has 26 heavy (non-hydrogen) atoms. The molecular weight excluding hydrogens is 363 g/mol.